The Morgan fingerprint density at radius 2 is 2.24 bits per heavy atom. The van der Waals surface area contributed by atoms with Crippen LogP contribution >= 0.6 is 11.8 Å². The maximum absolute atomic E-state index is 6.07. The first-order valence-corrected chi connectivity index (χ1v) is 8.39. The average Bonchev–Trinajstić information content (AvgIpc) is 2.29. The van der Waals surface area contributed by atoms with Gasteiger partial charge in [0.2, 0.25) is 0 Å². The summed E-state index contributed by atoms with van der Waals surface area (Å²) in [6.45, 7) is 5.67. The standard InChI is InChI=1S/C14H30N2S/c1-13-6-4-7-14(10-13,11-15)12-16(2)8-5-9-17-3/h13H,4-12,15H2,1-3H3. The van der Waals surface area contributed by atoms with Crippen LogP contribution in [0.3, 0.4) is 0 Å². The van der Waals surface area contributed by atoms with E-state index in [-0.39, 0.29) is 0 Å². The fourth-order valence-electron chi connectivity index (χ4n) is 3.29. The molecule has 2 N–H and O–H groups in total. The van der Waals surface area contributed by atoms with Crippen molar-refractivity contribution in [2.75, 3.05) is 38.7 Å². The lowest BCUT2D eigenvalue weighted by Gasteiger charge is -2.41. The zero-order valence-corrected chi connectivity index (χ0v) is 12.7. The third-order valence-corrected chi connectivity index (χ3v) is 4.81. The summed E-state index contributed by atoms with van der Waals surface area (Å²) in [5, 5.41) is 0. The smallest absolute Gasteiger partial charge is 0.00471 e. The average molecular weight is 258 g/mol. The van der Waals surface area contributed by atoms with Gasteiger partial charge in [-0.05, 0) is 62.7 Å². The monoisotopic (exact) mass is 258 g/mol. The van der Waals surface area contributed by atoms with Crippen molar-refractivity contribution in [3.05, 3.63) is 0 Å². The fraction of sp³-hybridized carbons (Fsp3) is 1.00. The largest absolute Gasteiger partial charge is 0.330 e. The second-order valence-corrected chi connectivity index (χ2v) is 6.98. The summed E-state index contributed by atoms with van der Waals surface area (Å²) in [5.41, 5.74) is 6.48. The molecule has 0 heterocycles. The quantitative estimate of drug-likeness (QED) is 0.712. The topological polar surface area (TPSA) is 29.3 Å². The van der Waals surface area contributed by atoms with Gasteiger partial charge in [0.1, 0.15) is 0 Å². The fourth-order valence-corrected chi connectivity index (χ4v) is 3.71. The summed E-state index contributed by atoms with van der Waals surface area (Å²) in [5.74, 6) is 2.14. The van der Waals surface area contributed by atoms with Crippen molar-refractivity contribution in [3.8, 4) is 0 Å². The first kappa shape index (κ1) is 15.3. The van der Waals surface area contributed by atoms with Crippen molar-refractivity contribution in [1.29, 1.82) is 0 Å². The van der Waals surface area contributed by atoms with Gasteiger partial charge in [-0.25, -0.2) is 0 Å². The van der Waals surface area contributed by atoms with Crippen molar-refractivity contribution in [2.45, 2.75) is 39.0 Å². The van der Waals surface area contributed by atoms with Crippen LogP contribution in [0.2, 0.25) is 0 Å². The lowest BCUT2D eigenvalue weighted by molar-refractivity contribution is 0.101. The SMILES string of the molecule is CSCCCN(C)CC1(CN)CCCC(C)C1. The minimum Gasteiger partial charge on any atom is -0.330 e. The molecule has 1 fully saturated rings. The molecule has 0 spiro atoms. The summed E-state index contributed by atoms with van der Waals surface area (Å²) in [7, 11) is 2.26. The molecule has 0 aromatic heterocycles. The highest BCUT2D eigenvalue weighted by Gasteiger charge is 2.34. The van der Waals surface area contributed by atoms with Crippen molar-refractivity contribution in [3.63, 3.8) is 0 Å². The van der Waals surface area contributed by atoms with Gasteiger partial charge in [0.25, 0.3) is 0 Å². The van der Waals surface area contributed by atoms with Crippen LogP contribution in [-0.2, 0) is 0 Å². The molecule has 0 aliphatic heterocycles. The Kier molecular flexibility index (Phi) is 6.90. The van der Waals surface area contributed by atoms with Gasteiger partial charge in [-0.3, -0.25) is 0 Å². The summed E-state index contributed by atoms with van der Waals surface area (Å²) < 4.78 is 0. The van der Waals surface area contributed by atoms with Gasteiger partial charge in [-0.2, -0.15) is 11.8 Å². The molecule has 0 saturated heterocycles. The van der Waals surface area contributed by atoms with Crippen molar-refractivity contribution in [1.82, 2.24) is 4.90 Å². The molecule has 2 atom stereocenters. The Labute approximate surface area is 112 Å². The second kappa shape index (κ2) is 7.65. The molecule has 3 heteroatoms. The van der Waals surface area contributed by atoms with E-state index >= 15 is 0 Å². The van der Waals surface area contributed by atoms with Crippen molar-refractivity contribution >= 4 is 11.8 Å². The predicted octanol–water partition coefficient (Wildman–Crippen LogP) is 2.83. The number of nitrogens with zero attached hydrogens (tertiary/aromatic N) is 1. The van der Waals surface area contributed by atoms with Crippen molar-refractivity contribution in [2.24, 2.45) is 17.1 Å². The third-order valence-electron chi connectivity index (χ3n) is 4.11. The number of thioether (sulfide) groups is 1. The Bertz CT molecular complexity index is 210. The van der Waals surface area contributed by atoms with Crippen LogP contribution in [0.5, 0.6) is 0 Å². The normalized spacial score (nSPS) is 29.8. The summed E-state index contributed by atoms with van der Waals surface area (Å²) >= 11 is 1.94. The summed E-state index contributed by atoms with van der Waals surface area (Å²) in [6, 6.07) is 0. The van der Waals surface area contributed by atoms with Crippen LogP contribution in [0.1, 0.15) is 39.0 Å². The van der Waals surface area contributed by atoms with E-state index in [0.29, 0.717) is 5.41 Å². The molecule has 17 heavy (non-hydrogen) atoms. The molecule has 0 radical (unpaired) electrons. The van der Waals surface area contributed by atoms with Crippen LogP contribution < -0.4 is 5.73 Å². The number of hydrogen-bond donors (Lipinski definition) is 1. The highest BCUT2D eigenvalue weighted by Crippen LogP contribution is 2.39. The maximum atomic E-state index is 6.07. The van der Waals surface area contributed by atoms with Crippen LogP contribution in [0.4, 0.5) is 0 Å². The van der Waals surface area contributed by atoms with E-state index in [1.54, 1.807) is 0 Å². The second-order valence-electron chi connectivity index (χ2n) is 5.99. The van der Waals surface area contributed by atoms with E-state index in [4.69, 9.17) is 5.73 Å². The van der Waals surface area contributed by atoms with Crippen LogP contribution in [0, 0.1) is 11.3 Å². The van der Waals surface area contributed by atoms with Gasteiger partial charge in [0, 0.05) is 6.54 Å². The van der Waals surface area contributed by atoms with Crippen molar-refractivity contribution < 1.29 is 0 Å². The molecule has 0 aromatic rings. The zero-order valence-electron chi connectivity index (χ0n) is 11.9. The summed E-state index contributed by atoms with van der Waals surface area (Å²) in [6.07, 6.45) is 8.92. The minimum absolute atomic E-state index is 0.409. The van der Waals surface area contributed by atoms with E-state index in [9.17, 15) is 0 Å². The molecule has 1 saturated carbocycles. The van der Waals surface area contributed by atoms with E-state index in [2.05, 4.69) is 25.1 Å². The van der Waals surface area contributed by atoms with Gasteiger partial charge in [-0.1, -0.05) is 19.8 Å². The van der Waals surface area contributed by atoms with Gasteiger partial charge >= 0.3 is 0 Å². The van der Waals surface area contributed by atoms with Gasteiger partial charge in [0.15, 0.2) is 0 Å². The number of hydrogen-bond acceptors (Lipinski definition) is 3. The Hall–Kier alpha value is 0.270. The molecular formula is C14H30N2S. The lowest BCUT2D eigenvalue weighted by Crippen LogP contribution is -2.44. The van der Waals surface area contributed by atoms with E-state index in [0.717, 1.165) is 12.5 Å². The minimum atomic E-state index is 0.409. The Morgan fingerprint density at radius 3 is 2.82 bits per heavy atom. The predicted molar refractivity (Wildman–Crippen MR) is 79.6 cm³/mol. The molecule has 0 aromatic carbocycles. The van der Waals surface area contributed by atoms with E-state index < -0.39 is 0 Å². The maximum Gasteiger partial charge on any atom is 0.00471 e. The van der Waals surface area contributed by atoms with E-state index in [1.165, 1.54) is 50.9 Å². The molecule has 1 aliphatic carbocycles. The van der Waals surface area contributed by atoms with Crippen LogP contribution in [0.25, 0.3) is 0 Å². The van der Waals surface area contributed by atoms with Crippen LogP contribution in [-0.4, -0.2) is 43.6 Å². The van der Waals surface area contributed by atoms with Crippen LogP contribution in [0.15, 0.2) is 0 Å². The summed E-state index contributed by atoms with van der Waals surface area (Å²) in [4.78, 5) is 2.50. The molecule has 2 unspecified atom stereocenters. The van der Waals surface area contributed by atoms with Gasteiger partial charge < -0.3 is 10.6 Å². The Balaban J connectivity index is 2.39. The van der Waals surface area contributed by atoms with Gasteiger partial charge in [-0.15, -0.1) is 0 Å². The molecule has 102 valence electrons. The van der Waals surface area contributed by atoms with E-state index in [1.807, 2.05) is 11.8 Å². The molecule has 2 nitrogen and oxygen atoms in total. The highest BCUT2D eigenvalue weighted by molar-refractivity contribution is 7.98. The first-order valence-electron chi connectivity index (χ1n) is 6.99. The number of rotatable bonds is 7. The zero-order chi connectivity index (χ0) is 12.7. The molecule has 1 rings (SSSR count). The third kappa shape index (κ3) is 5.19. The first-order chi connectivity index (χ1) is 8.12. The molecule has 1 aliphatic rings. The Morgan fingerprint density at radius 1 is 1.47 bits per heavy atom. The highest BCUT2D eigenvalue weighted by atomic mass is 32.2. The number of nitrogens with two attached hydrogens (primary N) is 1. The lowest BCUT2D eigenvalue weighted by atomic mass is 9.70. The molecular weight excluding hydrogens is 228 g/mol. The molecule has 0 amide bonds. The van der Waals surface area contributed by atoms with Gasteiger partial charge in [0.05, 0.1) is 0 Å². The molecule has 0 bridgehead atoms.